The molecule has 320 valence electrons. The largest absolute Gasteiger partial charge is 0.347 e. The number of hydrogen-bond acceptors (Lipinski definition) is 7. The van der Waals surface area contributed by atoms with Crippen LogP contribution in [0, 0.1) is 33.5 Å². The van der Waals surface area contributed by atoms with Gasteiger partial charge in [0.2, 0.25) is 29.4 Å². The summed E-state index contributed by atoms with van der Waals surface area (Å²) in [5, 5.41) is 11.7. The highest BCUT2D eigenvalue weighted by atomic mass is 19.3. The Balaban J connectivity index is 1.24. The fourth-order valence-corrected chi connectivity index (χ4v) is 11.3. The zero-order chi connectivity index (χ0) is 41.5. The number of nitrogens with one attached hydrogen (secondary N) is 4. The SMILES string of the molecule is CCCC(NC(=O)[C@@H]1C[C@@]2(CN1C(=O)[C@@H](NC(=O)[C@@H](NC(=O)[C@@H]1CCCN(CC(F)F)C1)C1CCCCC1)C(C)(C)C)C(C)(C)C21CCC1)C(=O)C(=O)NC1CC1. The molecule has 6 rings (SSSR count). The monoisotopic (exact) mass is 803 g/mol. The molecular weight excluding hydrogens is 735 g/mol. The molecule has 4 N–H and O–H groups in total. The molecule has 5 amide bonds. The van der Waals surface area contributed by atoms with Crippen molar-refractivity contribution in [2.75, 3.05) is 26.2 Å². The maximum atomic E-state index is 15.1. The third-order valence-corrected chi connectivity index (χ3v) is 15.1. The van der Waals surface area contributed by atoms with Crippen LogP contribution in [0.2, 0.25) is 0 Å². The van der Waals surface area contributed by atoms with Crippen molar-refractivity contribution in [1.82, 2.24) is 31.1 Å². The van der Waals surface area contributed by atoms with Gasteiger partial charge in [-0.05, 0) is 92.9 Å². The fraction of sp³-hybridized carbons (Fsp3) is 0.860. The summed E-state index contributed by atoms with van der Waals surface area (Å²) < 4.78 is 26.4. The normalized spacial score (nSPS) is 28.6. The molecule has 57 heavy (non-hydrogen) atoms. The maximum absolute atomic E-state index is 15.1. The van der Waals surface area contributed by atoms with Crippen LogP contribution in [0.25, 0.3) is 0 Å². The van der Waals surface area contributed by atoms with Gasteiger partial charge in [0.05, 0.1) is 18.5 Å². The highest BCUT2D eigenvalue weighted by molar-refractivity contribution is 6.38. The molecule has 2 spiro atoms. The van der Waals surface area contributed by atoms with Crippen molar-refractivity contribution in [1.29, 1.82) is 0 Å². The molecule has 0 aromatic rings. The third-order valence-electron chi connectivity index (χ3n) is 15.1. The first-order valence-electron chi connectivity index (χ1n) is 21.9. The first-order chi connectivity index (χ1) is 26.9. The van der Waals surface area contributed by atoms with E-state index in [9.17, 15) is 32.8 Å². The molecule has 6 fully saturated rings. The summed E-state index contributed by atoms with van der Waals surface area (Å²) in [6.07, 6.45) is 8.99. The molecule has 6 atom stereocenters. The van der Waals surface area contributed by atoms with E-state index in [0.717, 1.165) is 64.2 Å². The Morgan fingerprint density at radius 2 is 1.51 bits per heavy atom. The average molecular weight is 803 g/mol. The predicted octanol–water partition coefficient (Wildman–Crippen LogP) is 4.49. The van der Waals surface area contributed by atoms with Crippen LogP contribution in [0.1, 0.15) is 138 Å². The molecule has 12 nitrogen and oxygen atoms in total. The van der Waals surface area contributed by atoms with Crippen molar-refractivity contribution in [3.05, 3.63) is 0 Å². The van der Waals surface area contributed by atoms with Crippen LogP contribution in [0.4, 0.5) is 8.78 Å². The van der Waals surface area contributed by atoms with Gasteiger partial charge in [-0.1, -0.05) is 73.6 Å². The second-order valence-corrected chi connectivity index (χ2v) is 20.0. The lowest BCUT2D eigenvalue weighted by Crippen LogP contribution is -2.62. The Kier molecular flexibility index (Phi) is 12.8. The molecule has 4 aliphatic carbocycles. The number of alkyl halides is 2. The van der Waals surface area contributed by atoms with Crippen LogP contribution in [-0.4, -0.2) is 108 Å². The number of piperidine rings is 1. The summed E-state index contributed by atoms with van der Waals surface area (Å²) in [5.74, 6) is -3.72. The van der Waals surface area contributed by atoms with Gasteiger partial charge in [0.1, 0.15) is 18.1 Å². The molecule has 1 unspecified atom stereocenters. The van der Waals surface area contributed by atoms with Gasteiger partial charge in [0.25, 0.3) is 12.3 Å². The van der Waals surface area contributed by atoms with Gasteiger partial charge in [0, 0.05) is 24.5 Å². The third kappa shape index (κ3) is 8.62. The Morgan fingerprint density at radius 3 is 2.07 bits per heavy atom. The lowest BCUT2D eigenvalue weighted by molar-refractivity contribution is -0.145. The number of carbonyl (C=O) groups excluding carboxylic acids is 6. The van der Waals surface area contributed by atoms with Crippen LogP contribution in [-0.2, 0) is 28.8 Å². The van der Waals surface area contributed by atoms with Gasteiger partial charge in [-0.3, -0.25) is 33.7 Å². The molecule has 2 heterocycles. The lowest BCUT2D eigenvalue weighted by Gasteiger charge is -2.38. The molecule has 2 saturated heterocycles. The van der Waals surface area contributed by atoms with E-state index in [-0.39, 0.29) is 47.1 Å². The van der Waals surface area contributed by atoms with E-state index >= 15 is 4.79 Å². The summed E-state index contributed by atoms with van der Waals surface area (Å²) in [6.45, 7) is 12.6. The Bertz CT molecular complexity index is 1550. The average Bonchev–Trinajstić information content (AvgIpc) is 3.96. The molecule has 4 saturated carbocycles. The second kappa shape index (κ2) is 16.8. The van der Waals surface area contributed by atoms with Gasteiger partial charge < -0.3 is 26.2 Å². The van der Waals surface area contributed by atoms with Crippen LogP contribution in [0.5, 0.6) is 0 Å². The summed E-state index contributed by atoms with van der Waals surface area (Å²) >= 11 is 0. The minimum absolute atomic E-state index is 0.00278. The molecule has 0 radical (unpaired) electrons. The van der Waals surface area contributed by atoms with Crippen molar-refractivity contribution in [2.45, 2.75) is 174 Å². The number of amides is 5. The van der Waals surface area contributed by atoms with Gasteiger partial charge >= 0.3 is 0 Å². The van der Waals surface area contributed by atoms with Crippen molar-refractivity contribution in [2.24, 2.45) is 33.5 Å². The van der Waals surface area contributed by atoms with Crippen molar-refractivity contribution in [3.8, 4) is 0 Å². The van der Waals surface area contributed by atoms with E-state index in [4.69, 9.17) is 0 Å². The first-order valence-corrected chi connectivity index (χ1v) is 21.9. The molecule has 6 aliphatic rings. The standard InChI is InChI=1S/C43H68F2N6O6/c1-7-13-29(33(52)38(56)46-28-17-18-28)47-36(54)30-22-43(41(5,6)42(43)19-12-20-42)25-51(30)39(57)34(40(2,3)4)49-37(55)32(26-14-9-8-10-15-26)48-35(53)27-16-11-21-50(23-27)24-31(44)45/h26-32,34H,7-25H2,1-6H3,(H,46,56)(H,47,54)(H,48,53)(H,49,55)/t27-,29?,30+,32+,34-,43-/m1/s1. The highest BCUT2D eigenvalue weighted by Crippen LogP contribution is 2.88. The Morgan fingerprint density at radius 1 is 0.825 bits per heavy atom. The Labute approximate surface area is 337 Å². The van der Waals surface area contributed by atoms with E-state index in [2.05, 4.69) is 35.1 Å². The first kappa shape index (κ1) is 43.4. The highest BCUT2D eigenvalue weighted by Gasteiger charge is 2.85. The zero-order valence-electron chi connectivity index (χ0n) is 35.2. The van der Waals surface area contributed by atoms with Crippen molar-refractivity contribution >= 4 is 35.3 Å². The minimum Gasteiger partial charge on any atom is -0.347 e. The van der Waals surface area contributed by atoms with Gasteiger partial charge in [-0.2, -0.15) is 0 Å². The molecule has 0 bridgehead atoms. The number of nitrogens with zero attached hydrogens (tertiary/aromatic N) is 2. The molecule has 2 aliphatic heterocycles. The van der Waals surface area contributed by atoms with E-state index < -0.39 is 77.9 Å². The lowest BCUT2D eigenvalue weighted by atomic mass is 9.73. The molecule has 0 aromatic carbocycles. The molecular formula is C43H68F2N6O6. The summed E-state index contributed by atoms with van der Waals surface area (Å²) in [4.78, 5) is 87.3. The predicted molar refractivity (Wildman–Crippen MR) is 211 cm³/mol. The van der Waals surface area contributed by atoms with Gasteiger partial charge in [-0.15, -0.1) is 0 Å². The van der Waals surface area contributed by atoms with Gasteiger partial charge in [-0.25, -0.2) is 8.78 Å². The Hall–Kier alpha value is -3.16. The van der Waals surface area contributed by atoms with E-state index in [0.29, 0.717) is 38.8 Å². The number of halogens is 2. The maximum Gasteiger partial charge on any atom is 0.289 e. The van der Waals surface area contributed by atoms with Crippen molar-refractivity contribution in [3.63, 3.8) is 0 Å². The number of carbonyl (C=O) groups is 6. The number of fused-ring (bicyclic) bond motifs is 1. The topological polar surface area (TPSA) is 157 Å². The summed E-state index contributed by atoms with van der Waals surface area (Å²) in [7, 11) is 0. The number of likely N-dealkylation sites (tertiary alicyclic amines) is 2. The summed E-state index contributed by atoms with van der Waals surface area (Å²) in [5.41, 5.74) is -1.24. The number of rotatable bonds is 15. The summed E-state index contributed by atoms with van der Waals surface area (Å²) in [6, 6.07) is -3.90. The zero-order valence-corrected chi connectivity index (χ0v) is 35.2. The molecule has 0 aromatic heterocycles. The quantitative estimate of drug-likeness (QED) is 0.178. The number of hydrogen-bond donors (Lipinski definition) is 4. The number of Topliss-reactive ketones (excluding diaryl/α,β-unsaturated/α-hetero) is 1. The van der Waals surface area contributed by atoms with E-state index in [1.807, 2.05) is 27.7 Å². The van der Waals surface area contributed by atoms with Crippen LogP contribution >= 0.6 is 0 Å². The minimum atomic E-state index is -2.50. The van der Waals surface area contributed by atoms with Crippen LogP contribution in [0.3, 0.4) is 0 Å². The van der Waals surface area contributed by atoms with Crippen LogP contribution < -0.4 is 21.3 Å². The smallest absolute Gasteiger partial charge is 0.289 e. The molecule has 14 heteroatoms. The van der Waals surface area contributed by atoms with Crippen molar-refractivity contribution < 1.29 is 37.5 Å². The van der Waals surface area contributed by atoms with E-state index in [1.165, 1.54) is 0 Å². The second-order valence-electron chi connectivity index (χ2n) is 20.0. The number of ketones is 1. The van der Waals surface area contributed by atoms with Gasteiger partial charge in [0.15, 0.2) is 0 Å². The van der Waals surface area contributed by atoms with Crippen LogP contribution in [0.15, 0.2) is 0 Å². The fourth-order valence-electron chi connectivity index (χ4n) is 11.3. The van der Waals surface area contributed by atoms with E-state index in [1.54, 1.807) is 9.80 Å².